The second kappa shape index (κ2) is 10.0. The molecule has 3 aromatic rings. The van der Waals surface area contributed by atoms with E-state index in [1.807, 2.05) is 6.07 Å². The number of phenols is 1. The van der Waals surface area contributed by atoms with E-state index < -0.39 is 29.7 Å². The van der Waals surface area contributed by atoms with Crippen molar-refractivity contribution in [3.8, 4) is 5.75 Å². The molecule has 0 saturated carbocycles. The number of likely N-dealkylation sites (N-methyl/N-ethyl adjacent to an activating group) is 1. The van der Waals surface area contributed by atoms with E-state index in [1.54, 1.807) is 31.2 Å². The van der Waals surface area contributed by atoms with Crippen LogP contribution >= 0.6 is 11.6 Å². The number of nitrogens with zero attached hydrogens (tertiary/aromatic N) is 2. The van der Waals surface area contributed by atoms with Gasteiger partial charge in [-0.15, -0.1) is 0 Å². The molecule has 3 rings (SSSR count). The van der Waals surface area contributed by atoms with Gasteiger partial charge >= 0.3 is 11.7 Å². The van der Waals surface area contributed by atoms with E-state index in [1.165, 1.54) is 18.2 Å². The van der Waals surface area contributed by atoms with Crippen molar-refractivity contribution >= 4 is 35.0 Å². The van der Waals surface area contributed by atoms with Crippen LogP contribution < -0.4 is 21.9 Å². The lowest BCUT2D eigenvalue weighted by Gasteiger charge is -2.23. The summed E-state index contributed by atoms with van der Waals surface area (Å²) in [5.74, 6) is -2.30. The molecule has 33 heavy (non-hydrogen) atoms. The maximum atomic E-state index is 12.8. The Labute approximate surface area is 192 Å². The van der Waals surface area contributed by atoms with Gasteiger partial charge in [-0.05, 0) is 30.7 Å². The molecule has 4 N–H and O–H groups in total. The summed E-state index contributed by atoms with van der Waals surface area (Å²) in [5.41, 5.74) is 4.85. The second-order valence-corrected chi connectivity index (χ2v) is 7.38. The molecule has 0 bridgehead atoms. The van der Waals surface area contributed by atoms with E-state index in [-0.39, 0.29) is 40.9 Å². The van der Waals surface area contributed by atoms with Gasteiger partial charge in [-0.1, -0.05) is 41.9 Å². The van der Waals surface area contributed by atoms with Gasteiger partial charge in [0.1, 0.15) is 17.1 Å². The number of nitrogens with two attached hydrogens (primary N) is 1. The molecule has 0 fully saturated rings. The molecular formula is C22H21ClN4O6. The molecule has 10 nitrogen and oxygen atoms in total. The third-order valence-corrected chi connectivity index (χ3v) is 5.03. The van der Waals surface area contributed by atoms with Gasteiger partial charge in [0.2, 0.25) is 0 Å². The molecule has 2 aromatic carbocycles. The summed E-state index contributed by atoms with van der Waals surface area (Å²) in [6.45, 7) is 0.934. The minimum absolute atomic E-state index is 0.00954. The zero-order valence-electron chi connectivity index (χ0n) is 17.6. The van der Waals surface area contributed by atoms with Crippen LogP contribution in [-0.2, 0) is 16.1 Å². The van der Waals surface area contributed by atoms with Crippen LogP contribution in [0.1, 0.15) is 22.8 Å². The van der Waals surface area contributed by atoms with Gasteiger partial charge in [-0.2, -0.15) is 0 Å². The maximum Gasteiger partial charge on any atom is 0.342 e. The number of carbonyl (C=O) groups excluding carboxylic acids is 2. The van der Waals surface area contributed by atoms with Crippen LogP contribution in [0.15, 0.2) is 58.1 Å². The zero-order valence-corrected chi connectivity index (χ0v) is 18.3. The number of hydrogen-bond acceptors (Lipinski definition) is 7. The molecule has 1 amide bonds. The van der Waals surface area contributed by atoms with E-state index in [0.717, 1.165) is 15.0 Å². The Morgan fingerprint density at radius 2 is 1.88 bits per heavy atom. The molecule has 1 aromatic heterocycles. The third-order valence-electron chi connectivity index (χ3n) is 4.79. The Morgan fingerprint density at radius 1 is 1.18 bits per heavy atom. The highest BCUT2D eigenvalue weighted by atomic mass is 35.5. The molecule has 11 heteroatoms. The van der Waals surface area contributed by atoms with Gasteiger partial charge in [-0.25, -0.2) is 9.59 Å². The van der Waals surface area contributed by atoms with Crippen molar-refractivity contribution in [3.63, 3.8) is 0 Å². The van der Waals surface area contributed by atoms with E-state index in [9.17, 15) is 24.3 Å². The SMILES string of the molecule is CCN(C(=O)COC(=O)c1cc(Cl)ccc1O)c1c(N)n(Cc2ccccc2)c(=O)[nH]c1=O. The Morgan fingerprint density at radius 3 is 2.55 bits per heavy atom. The van der Waals surface area contributed by atoms with Crippen LogP contribution in [-0.4, -0.2) is 39.7 Å². The topological polar surface area (TPSA) is 148 Å². The van der Waals surface area contributed by atoms with Crippen molar-refractivity contribution in [2.24, 2.45) is 0 Å². The van der Waals surface area contributed by atoms with Crippen molar-refractivity contribution in [2.45, 2.75) is 13.5 Å². The number of rotatable bonds is 7. The number of esters is 1. The van der Waals surface area contributed by atoms with Crippen molar-refractivity contribution in [1.29, 1.82) is 0 Å². The molecule has 0 unspecified atom stereocenters. The van der Waals surface area contributed by atoms with Crippen molar-refractivity contribution in [2.75, 3.05) is 23.8 Å². The number of benzene rings is 2. The van der Waals surface area contributed by atoms with Crippen LogP contribution in [0.4, 0.5) is 11.5 Å². The standard InChI is InChI=1S/C22H21ClN4O6/c1-2-26(17(29)12-33-21(31)15-10-14(23)8-9-16(15)28)18-19(24)27(22(32)25-20(18)30)11-13-6-4-3-5-7-13/h3-10,28H,2,11-12,24H2,1H3,(H,25,30,32). The number of phenolic OH excluding ortho intramolecular Hbond substituents is 1. The molecule has 0 atom stereocenters. The number of halogens is 1. The molecule has 0 aliphatic rings. The van der Waals surface area contributed by atoms with Gasteiger partial charge in [0.05, 0.1) is 6.54 Å². The first-order valence-electron chi connectivity index (χ1n) is 9.85. The number of aromatic hydroxyl groups is 1. The molecule has 1 heterocycles. The van der Waals surface area contributed by atoms with Gasteiger partial charge in [0, 0.05) is 11.6 Å². The minimum atomic E-state index is -0.977. The first-order chi connectivity index (χ1) is 15.7. The number of ether oxygens (including phenoxy) is 1. The Kier molecular flexibility index (Phi) is 7.19. The number of nitrogen functional groups attached to an aromatic ring is 1. The lowest BCUT2D eigenvalue weighted by molar-refractivity contribution is -0.121. The normalized spacial score (nSPS) is 10.6. The van der Waals surface area contributed by atoms with Gasteiger partial charge in [0.25, 0.3) is 11.5 Å². The summed E-state index contributed by atoms with van der Waals surface area (Å²) in [7, 11) is 0. The number of H-pyrrole nitrogens is 1. The smallest absolute Gasteiger partial charge is 0.342 e. The highest BCUT2D eigenvalue weighted by Gasteiger charge is 2.24. The quantitative estimate of drug-likeness (QED) is 0.443. The molecule has 0 radical (unpaired) electrons. The summed E-state index contributed by atoms with van der Waals surface area (Å²) in [6.07, 6.45) is 0. The summed E-state index contributed by atoms with van der Waals surface area (Å²) >= 11 is 5.82. The number of amides is 1. The number of aromatic amines is 1. The average molecular weight is 473 g/mol. The molecule has 0 spiro atoms. The number of anilines is 2. The van der Waals surface area contributed by atoms with E-state index in [2.05, 4.69) is 4.98 Å². The molecule has 0 aliphatic heterocycles. The Hall–Kier alpha value is -4.05. The predicted octanol–water partition coefficient (Wildman–Crippen LogP) is 1.74. The molecule has 172 valence electrons. The van der Waals surface area contributed by atoms with Crippen molar-refractivity contribution in [1.82, 2.24) is 9.55 Å². The molecular weight excluding hydrogens is 452 g/mol. The first kappa shape index (κ1) is 23.6. The van der Waals surface area contributed by atoms with Gasteiger partial charge < -0.3 is 20.5 Å². The number of hydrogen-bond donors (Lipinski definition) is 3. The summed E-state index contributed by atoms with van der Waals surface area (Å²) in [6, 6.07) is 12.8. The average Bonchev–Trinajstić information content (AvgIpc) is 2.79. The third kappa shape index (κ3) is 5.24. The minimum Gasteiger partial charge on any atom is -0.507 e. The van der Waals surface area contributed by atoms with Crippen LogP contribution in [0.25, 0.3) is 0 Å². The summed E-state index contributed by atoms with van der Waals surface area (Å²) in [5, 5.41) is 10.0. The highest BCUT2D eigenvalue weighted by Crippen LogP contribution is 2.22. The number of aromatic nitrogens is 2. The largest absolute Gasteiger partial charge is 0.507 e. The molecule has 0 aliphatic carbocycles. The monoisotopic (exact) mass is 472 g/mol. The van der Waals surface area contributed by atoms with Crippen LogP contribution in [0.5, 0.6) is 5.75 Å². The molecule has 0 saturated heterocycles. The maximum absolute atomic E-state index is 12.8. The fourth-order valence-corrected chi connectivity index (χ4v) is 3.35. The van der Waals surface area contributed by atoms with E-state index in [4.69, 9.17) is 22.1 Å². The highest BCUT2D eigenvalue weighted by molar-refractivity contribution is 6.31. The number of nitrogens with one attached hydrogen (secondary N) is 1. The van der Waals surface area contributed by atoms with Gasteiger partial charge in [-0.3, -0.25) is 19.1 Å². The van der Waals surface area contributed by atoms with Gasteiger partial charge in [0.15, 0.2) is 12.3 Å². The Bertz CT molecular complexity index is 1300. The predicted molar refractivity (Wildman–Crippen MR) is 123 cm³/mol. The number of carbonyl (C=O) groups is 2. The fourth-order valence-electron chi connectivity index (χ4n) is 3.18. The van der Waals surface area contributed by atoms with Crippen molar-refractivity contribution < 1.29 is 19.4 Å². The first-order valence-corrected chi connectivity index (χ1v) is 10.2. The zero-order chi connectivity index (χ0) is 24.1. The lowest BCUT2D eigenvalue weighted by Crippen LogP contribution is -2.42. The van der Waals surface area contributed by atoms with Crippen LogP contribution in [0, 0.1) is 0 Å². The van der Waals surface area contributed by atoms with Crippen LogP contribution in [0.2, 0.25) is 5.02 Å². The van der Waals surface area contributed by atoms with E-state index in [0.29, 0.717) is 0 Å². The summed E-state index contributed by atoms with van der Waals surface area (Å²) in [4.78, 5) is 53.1. The Balaban J connectivity index is 1.86. The summed E-state index contributed by atoms with van der Waals surface area (Å²) < 4.78 is 6.13. The van der Waals surface area contributed by atoms with Crippen molar-refractivity contribution in [3.05, 3.63) is 85.5 Å². The van der Waals surface area contributed by atoms with Crippen LogP contribution in [0.3, 0.4) is 0 Å². The lowest BCUT2D eigenvalue weighted by atomic mass is 10.2. The fraction of sp³-hybridized carbons (Fsp3) is 0.182. The second-order valence-electron chi connectivity index (χ2n) is 6.94. The van der Waals surface area contributed by atoms with E-state index >= 15 is 0 Å².